The molecule has 5 heteroatoms. The molecule has 2 fully saturated rings. The minimum atomic E-state index is -0.428. The van der Waals surface area contributed by atoms with E-state index < -0.39 is 5.41 Å². The molecule has 20 heavy (non-hydrogen) atoms. The SMILES string of the molecule is N#CCC1(c2cc(F)ccn2)CCOC2(CCOC2)C1. The van der Waals surface area contributed by atoms with Gasteiger partial charge in [0.2, 0.25) is 0 Å². The average Bonchev–Trinajstić information content (AvgIpc) is 2.87. The van der Waals surface area contributed by atoms with Gasteiger partial charge < -0.3 is 9.47 Å². The van der Waals surface area contributed by atoms with Gasteiger partial charge in [-0.05, 0) is 25.0 Å². The molecule has 0 amide bonds. The molecule has 1 aromatic heterocycles. The van der Waals surface area contributed by atoms with Crippen LogP contribution in [0.2, 0.25) is 0 Å². The van der Waals surface area contributed by atoms with Gasteiger partial charge >= 0.3 is 0 Å². The number of hydrogen-bond acceptors (Lipinski definition) is 4. The van der Waals surface area contributed by atoms with E-state index in [0.717, 1.165) is 6.42 Å². The van der Waals surface area contributed by atoms with Crippen molar-refractivity contribution >= 4 is 0 Å². The molecule has 2 saturated heterocycles. The van der Waals surface area contributed by atoms with Gasteiger partial charge in [0, 0.05) is 37.7 Å². The predicted molar refractivity (Wildman–Crippen MR) is 69.5 cm³/mol. The average molecular weight is 276 g/mol. The minimum absolute atomic E-state index is 0.310. The maximum Gasteiger partial charge on any atom is 0.126 e. The Bertz CT molecular complexity index is 537. The molecule has 2 unspecified atom stereocenters. The molecule has 3 rings (SSSR count). The largest absolute Gasteiger partial charge is 0.378 e. The van der Waals surface area contributed by atoms with E-state index in [0.29, 0.717) is 44.8 Å². The predicted octanol–water partition coefficient (Wildman–Crippen LogP) is 2.34. The van der Waals surface area contributed by atoms with Gasteiger partial charge in [0.1, 0.15) is 5.82 Å². The van der Waals surface area contributed by atoms with Crippen LogP contribution in [0.3, 0.4) is 0 Å². The Balaban J connectivity index is 1.97. The number of nitriles is 1. The highest BCUT2D eigenvalue weighted by Crippen LogP contribution is 2.46. The van der Waals surface area contributed by atoms with E-state index in [9.17, 15) is 9.65 Å². The molecule has 2 atom stereocenters. The Morgan fingerprint density at radius 3 is 3.00 bits per heavy atom. The summed E-state index contributed by atoms with van der Waals surface area (Å²) in [5, 5.41) is 9.20. The van der Waals surface area contributed by atoms with Crippen molar-refractivity contribution in [3.8, 4) is 6.07 Å². The number of hydrogen-bond donors (Lipinski definition) is 0. The maximum absolute atomic E-state index is 13.5. The quantitative estimate of drug-likeness (QED) is 0.832. The molecule has 0 aliphatic carbocycles. The van der Waals surface area contributed by atoms with Gasteiger partial charge in [0.05, 0.1) is 24.0 Å². The number of rotatable bonds is 2. The molecule has 0 saturated carbocycles. The van der Waals surface area contributed by atoms with Gasteiger partial charge in [-0.3, -0.25) is 4.98 Å². The van der Waals surface area contributed by atoms with Crippen LogP contribution in [0.5, 0.6) is 0 Å². The third-order valence-electron chi connectivity index (χ3n) is 4.40. The van der Waals surface area contributed by atoms with Crippen LogP contribution >= 0.6 is 0 Å². The first-order valence-electron chi connectivity index (χ1n) is 6.89. The van der Waals surface area contributed by atoms with Crippen molar-refractivity contribution in [3.63, 3.8) is 0 Å². The number of aromatic nitrogens is 1. The van der Waals surface area contributed by atoms with E-state index in [1.165, 1.54) is 18.3 Å². The fourth-order valence-corrected chi connectivity index (χ4v) is 3.37. The monoisotopic (exact) mass is 276 g/mol. The van der Waals surface area contributed by atoms with Crippen molar-refractivity contribution in [2.45, 2.75) is 36.7 Å². The minimum Gasteiger partial charge on any atom is -0.378 e. The van der Waals surface area contributed by atoms with Gasteiger partial charge in [-0.25, -0.2) is 4.39 Å². The molecular formula is C15H17FN2O2. The van der Waals surface area contributed by atoms with Gasteiger partial charge in [-0.1, -0.05) is 0 Å². The van der Waals surface area contributed by atoms with Crippen molar-refractivity contribution in [1.29, 1.82) is 5.26 Å². The summed E-state index contributed by atoms with van der Waals surface area (Å²) < 4.78 is 24.9. The highest BCUT2D eigenvalue weighted by molar-refractivity contribution is 5.23. The summed E-state index contributed by atoms with van der Waals surface area (Å²) in [5.41, 5.74) is -0.0973. The fourth-order valence-electron chi connectivity index (χ4n) is 3.37. The lowest BCUT2D eigenvalue weighted by atomic mass is 9.68. The first-order chi connectivity index (χ1) is 9.68. The lowest BCUT2D eigenvalue weighted by molar-refractivity contribution is -0.107. The molecule has 2 aliphatic rings. The lowest BCUT2D eigenvalue weighted by Gasteiger charge is -2.44. The topological polar surface area (TPSA) is 55.1 Å². The summed E-state index contributed by atoms with van der Waals surface area (Å²) in [6.45, 7) is 1.79. The summed E-state index contributed by atoms with van der Waals surface area (Å²) in [7, 11) is 0. The number of pyridine rings is 1. The standard InChI is InChI=1S/C15H17FN2O2/c16-12-1-6-18-13(9-12)14(2-5-17)3-8-20-15(10-14)4-7-19-11-15/h1,6,9H,2-4,7-8,10-11H2. The van der Waals surface area contributed by atoms with Crippen LogP contribution in [0.1, 0.15) is 31.4 Å². The van der Waals surface area contributed by atoms with Crippen LogP contribution in [-0.2, 0) is 14.9 Å². The summed E-state index contributed by atoms with van der Waals surface area (Å²) in [4.78, 5) is 4.32. The van der Waals surface area contributed by atoms with Gasteiger partial charge in [0.15, 0.2) is 0 Å². The molecule has 1 aromatic rings. The Labute approximate surface area is 117 Å². The molecule has 0 radical (unpaired) electrons. The van der Waals surface area contributed by atoms with E-state index in [4.69, 9.17) is 9.47 Å². The van der Waals surface area contributed by atoms with E-state index >= 15 is 0 Å². The van der Waals surface area contributed by atoms with E-state index in [2.05, 4.69) is 11.1 Å². The number of ether oxygens (including phenoxy) is 2. The van der Waals surface area contributed by atoms with Crippen molar-refractivity contribution in [2.24, 2.45) is 0 Å². The molecular weight excluding hydrogens is 259 g/mol. The maximum atomic E-state index is 13.5. The Hall–Kier alpha value is -1.51. The summed E-state index contributed by atoms with van der Waals surface area (Å²) in [6, 6.07) is 5.03. The smallest absolute Gasteiger partial charge is 0.126 e. The summed E-state index contributed by atoms with van der Waals surface area (Å²) in [6.07, 6.45) is 3.99. The van der Waals surface area contributed by atoms with Crippen LogP contribution < -0.4 is 0 Å². The first-order valence-corrected chi connectivity index (χ1v) is 6.89. The Morgan fingerprint density at radius 1 is 1.40 bits per heavy atom. The van der Waals surface area contributed by atoms with Crippen LogP contribution in [0.15, 0.2) is 18.3 Å². The second-order valence-electron chi connectivity index (χ2n) is 5.74. The Morgan fingerprint density at radius 2 is 2.30 bits per heavy atom. The number of nitrogens with zero attached hydrogens (tertiary/aromatic N) is 2. The second-order valence-corrected chi connectivity index (χ2v) is 5.74. The van der Waals surface area contributed by atoms with Crippen LogP contribution in [-0.4, -0.2) is 30.4 Å². The van der Waals surface area contributed by atoms with Crippen molar-refractivity contribution in [2.75, 3.05) is 19.8 Å². The molecule has 106 valence electrons. The zero-order chi connectivity index (χ0) is 14.1. The molecule has 0 bridgehead atoms. The highest BCUT2D eigenvalue weighted by Gasteiger charge is 2.49. The van der Waals surface area contributed by atoms with Gasteiger partial charge in [0.25, 0.3) is 0 Å². The fraction of sp³-hybridized carbons (Fsp3) is 0.600. The van der Waals surface area contributed by atoms with Crippen molar-refractivity contribution in [3.05, 3.63) is 29.8 Å². The first kappa shape index (κ1) is 13.5. The van der Waals surface area contributed by atoms with Crippen LogP contribution in [0, 0.1) is 17.1 Å². The molecule has 0 N–H and O–H groups in total. The van der Waals surface area contributed by atoms with E-state index in [1.54, 1.807) is 0 Å². The normalized spacial score (nSPS) is 33.2. The lowest BCUT2D eigenvalue weighted by Crippen LogP contribution is -2.48. The van der Waals surface area contributed by atoms with Crippen molar-refractivity contribution in [1.82, 2.24) is 4.98 Å². The van der Waals surface area contributed by atoms with E-state index in [-0.39, 0.29) is 11.4 Å². The van der Waals surface area contributed by atoms with Crippen LogP contribution in [0.4, 0.5) is 4.39 Å². The molecule has 2 aliphatic heterocycles. The zero-order valence-electron chi connectivity index (χ0n) is 11.3. The molecule has 0 aromatic carbocycles. The third kappa shape index (κ3) is 2.30. The third-order valence-corrected chi connectivity index (χ3v) is 4.40. The molecule has 4 nitrogen and oxygen atoms in total. The summed E-state index contributed by atoms with van der Waals surface area (Å²) in [5.74, 6) is -0.310. The second kappa shape index (κ2) is 5.12. The van der Waals surface area contributed by atoms with Gasteiger partial charge in [-0.2, -0.15) is 5.26 Å². The molecule has 1 spiro atoms. The molecule has 3 heterocycles. The van der Waals surface area contributed by atoms with Crippen LogP contribution in [0.25, 0.3) is 0 Å². The Kier molecular flexibility index (Phi) is 3.45. The van der Waals surface area contributed by atoms with Gasteiger partial charge in [-0.15, -0.1) is 0 Å². The van der Waals surface area contributed by atoms with E-state index in [1.807, 2.05) is 0 Å². The number of halogens is 1. The highest BCUT2D eigenvalue weighted by atomic mass is 19.1. The zero-order valence-corrected chi connectivity index (χ0v) is 11.3. The summed E-state index contributed by atoms with van der Waals surface area (Å²) >= 11 is 0. The van der Waals surface area contributed by atoms with Crippen molar-refractivity contribution < 1.29 is 13.9 Å².